The molecule has 2 heterocycles. The first-order valence-electron chi connectivity index (χ1n) is 15.6. The molecule has 1 aromatic rings. The number of fused-ring (bicyclic) bond motifs is 5. The minimum absolute atomic E-state index is 0.0751. The van der Waals surface area contributed by atoms with Crippen LogP contribution in [0, 0.1) is 47.3 Å². The van der Waals surface area contributed by atoms with E-state index in [0.29, 0.717) is 42.3 Å². The highest BCUT2D eigenvalue weighted by atomic mass is 16.5. The van der Waals surface area contributed by atoms with Crippen LogP contribution in [0.2, 0.25) is 0 Å². The molecule has 4 bridgehead atoms. The molecule has 1 spiro atoms. The summed E-state index contributed by atoms with van der Waals surface area (Å²) in [5.41, 5.74) is 9.84. The van der Waals surface area contributed by atoms with Gasteiger partial charge in [0.15, 0.2) is 0 Å². The summed E-state index contributed by atoms with van der Waals surface area (Å²) in [6.07, 6.45) is 10.3. The molecule has 5 heteroatoms. The number of aromatic hydroxyl groups is 1. The van der Waals surface area contributed by atoms with Crippen molar-refractivity contribution in [3.05, 3.63) is 28.8 Å². The largest absolute Gasteiger partial charge is 0.508 e. The van der Waals surface area contributed by atoms with Gasteiger partial charge in [0.2, 0.25) is 0 Å². The van der Waals surface area contributed by atoms with Crippen LogP contribution in [0.4, 0.5) is 0 Å². The Hall–Kier alpha value is -1.58. The summed E-state index contributed by atoms with van der Waals surface area (Å²) < 4.78 is 7.28. The number of benzene rings is 1. The number of phenols is 1. The molecule has 2 saturated carbocycles. The normalized spacial score (nSPS) is 36.9. The van der Waals surface area contributed by atoms with E-state index >= 15 is 0 Å². The Morgan fingerprint density at radius 3 is 2.69 bits per heavy atom. The fourth-order valence-electron chi connectivity index (χ4n) is 9.42. The van der Waals surface area contributed by atoms with Gasteiger partial charge in [0.1, 0.15) is 5.75 Å². The fourth-order valence-corrected chi connectivity index (χ4v) is 9.42. The zero-order valence-electron chi connectivity index (χ0n) is 25.0. The van der Waals surface area contributed by atoms with Gasteiger partial charge in [0.05, 0.1) is 17.1 Å². The molecule has 5 N–H and O–H groups in total. The van der Waals surface area contributed by atoms with Crippen LogP contribution in [0.15, 0.2) is 12.1 Å². The molecular formula is C34H52N2O3. The average molecular weight is 537 g/mol. The van der Waals surface area contributed by atoms with Gasteiger partial charge in [-0.25, -0.2) is 0 Å². The first-order valence-corrected chi connectivity index (χ1v) is 15.6. The maximum atomic E-state index is 10.6. The second kappa shape index (κ2) is 11.0. The maximum absolute atomic E-state index is 10.6. The third-order valence-corrected chi connectivity index (χ3v) is 10.9. The van der Waals surface area contributed by atoms with Gasteiger partial charge in [-0.1, -0.05) is 38.5 Å². The molecule has 6 rings (SSSR count). The summed E-state index contributed by atoms with van der Waals surface area (Å²) in [7, 11) is 1.97. The van der Waals surface area contributed by atoms with Gasteiger partial charge in [-0.15, -0.1) is 0 Å². The maximum Gasteiger partial charge on any atom is 0.116 e. The van der Waals surface area contributed by atoms with E-state index < -0.39 is 5.54 Å². The average Bonchev–Trinajstić information content (AvgIpc) is 2.87. The number of ether oxygens (including phenoxy) is 1. The number of aliphatic hydroxyl groups is 1. The van der Waals surface area contributed by atoms with Crippen molar-refractivity contribution in [3.8, 4) is 17.6 Å². The molecule has 2 aliphatic heterocycles. The molecule has 4 fully saturated rings. The molecule has 5 aliphatic rings. The van der Waals surface area contributed by atoms with Crippen molar-refractivity contribution in [2.45, 2.75) is 115 Å². The number of phenolic OH excluding ortho intramolecular Hbond substituents is 1. The first kappa shape index (κ1) is 28.9. The number of nitrogens with two attached hydrogens (primary N) is 1. The molecule has 39 heavy (non-hydrogen) atoms. The molecule has 2 saturated heterocycles. The van der Waals surface area contributed by atoms with Crippen LogP contribution in [-0.4, -0.2) is 40.6 Å². The van der Waals surface area contributed by atoms with Crippen LogP contribution in [-0.2, 0) is 24.1 Å². The van der Waals surface area contributed by atoms with E-state index in [2.05, 4.69) is 44.9 Å². The van der Waals surface area contributed by atoms with Crippen molar-refractivity contribution < 1.29 is 14.9 Å². The van der Waals surface area contributed by atoms with E-state index in [0.717, 1.165) is 37.8 Å². The van der Waals surface area contributed by atoms with Gasteiger partial charge in [-0.2, -0.15) is 0 Å². The van der Waals surface area contributed by atoms with E-state index in [1.165, 1.54) is 36.8 Å². The molecule has 0 aromatic heterocycles. The molecule has 0 amide bonds. The molecule has 0 radical (unpaired) electrons. The Kier molecular flexibility index (Phi) is 8.17. The van der Waals surface area contributed by atoms with E-state index in [9.17, 15) is 10.2 Å². The van der Waals surface area contributed by atoms with Crippen molar-refractivity contribution in [2.75, 3.05) is 13.7 Å². The van der Waals surface area contributed by atoms with E-state index in [-0.39, 0.29) is 29.6 Å². The predicted molar refractivity (Wildman–Crippen MR) is 157 cm³/mol. The molecule has 1 aromatic carbocycles. The Labute approximate surface area is 236 Å². The highest BCUT2D eigenvalue weighted by Gasteiger charge is 2.68. The monoisotopic (exact) mass is 536 g/mol. The van der Waals surface area contributed by atoms with Gasteiger partial charge in [0.25, 0.3) is 0 Å². The smallest absolute Gasteiger partial charge is 0.116 e. The van der Waals surface area contributed by atoms with Crippen LogP contribution in [0.1, 0.15) is 95.8 Å². The zero-order chi connectivity index (χ0) is 28.0. The summed E-state index contributed by atoms with van der Waals surface area (Å²) in [4.78, 5) is 0. The summed E-state index contributed by atoms with van der Waals surface area (Å²) in [5.74, 6) is 10.0. The zero-order valence-corrected chi connectivity index (χ0v) is 25.0. The SMILES string of the molecule is CNCc1cc(O)cc2c1CC1CC(CCC(C)C)CC(C1)C13CCC(C(C)(C)O1)C(N)(CCO)C3C#CC2. The van der Waals surface area contributed by atoms with E-state index in [1.54, 1.807) is 0 Å². The summed E-state index contributed by atoms with van der Waals surface area (Å²) in [5, 5.41) is 24.2. The number of nitrogens with one attached hydrogen (secondary N) is 1. The highest BCUT2D eigenvalue weighted by Crippen LogP contribution is 2.62. The standard InChI is InChI=1S/C34H52N2O3/c1-22(2)9-10-23-15-24-17-27(16-23)34-12-11-30(32(3,4)39-34)33(35,13-14-37)31(34)8-6-7-25-19-28(38)20-26(21-36-5)29(25)18-24/h19-20,22-24,27,30-31,36-38H,7,9-18,21,35H2,1-5H3. The fraction of sp³-hybridized carbons (Fsp3) is 0.765. The van der Waals surface area contributed by atoms with Crippen LogP contribution in [0.5, 0.6) is 5.75 Å². The van der Waals surface area contributed by atoms with Crippen LogP contribution >= 0.6 is 0 Å². The summed E-state index contributed by atoms with van der Waals surface area (Å²) >= 11 is 0. The number of rotatable bonds is 7. The Bertz CT molecular complexity index is 1100. The lowest BCUT2D eigenvalue weighted by Crippen LogP contribution is -2.77. The molecule has 5 nitrogen and oxygen atoms in total. The van der Waals surface area contributed by atoms with Crippen LogP contribution in [0.3, 0.4) is 0 Å². The van der Waals surface area contributed by atoms with Gasteiger partial charge in [0, 0.05) is 31.0 Å². The number of hydrogen-bond acceptors (Lipinski definition) is 5. The third kappa shape index (κ3) is 5.28. The molecule has 7 atom stereocenters. The molecule has 7 unspecified atom stereocenters. The van der Waals surface area contributed by atoms with Gasteiger partial charge in [-0.05, 0) is 118 Å². The highest BCUT2D eigenvalue weighted by molar-refractivity contribution is 5.44. The van der Waals surface area contributed by atoms with Crippen molar-refractivity contribution in [1.29, 1.82) is 0 Å². The second-order valence-corrected chi connectivity index (χ2v) is 14.4. The molecule has 216 valence electrons. The predicted octanol–water partition coefficient (Wildman–Crippen LogP) is 5.34. The molecule has 3 aliphatic carbocycles. The lowest BCUT2D eigenvalue weighted by Gasteiger charge is -2.68. The molecular weight excluding hydrogens is 484 g/mol. The summed E-state index contributed by atoms with van der Waals surface area (Å²) in [6, 6.07) is 3.88. The number of hydrogen-bond donors (Lipinski definition) is 4. The van der Waals surface area contributed by atoms with Gasteiger partial charge >= 0.3 is 0 Å². The van der Waals surface area contributed by atoms with Crippen LogP contribution < -0.4 is 11.1 Å². The minimum Gasteiger partial charge on any atom is -0.508 e. The quantitative estimate of drug-likeness (QED) is 0.354. The van der Waals surface area contributed by atoms with Crippen molar-refractivity contribution >= 4 is 0 Å². The topological polar surface area (TPSA) is 87.7 Å². The number of aliphatic hydroxyl groups excluding tert-OH is 1. The van der Waals surface area contributed by atoms with Gasteiger partial charge in [-0.3, -0.25) is 0 Å². The van der Waals surface area contributed by atoms with Crippen molar-refractivity contribution in [3.63, 3.8) is 0 Å². The van der Waals surface area contributed by atoms with E-state index in [1.807, 2.05) is 19.2 Å². The van der Waals surface area contributed by atoms with Gasteiger partial charge < -0.3 is 26.0 Å². The van der Waals surface area contributed by atoms with E-state index in [4.69, 9.17) is 10.5 Å². The van der Waals surface area contributed by atoms with Crippen LogP contribution in [0.25, 0.3) is 0 Å². The summed E-state index contributed by atoms with van der Waals surface area (Å²) in [6.45, 7) is 9.94. The Morgan fingerprint density at radius 1 is 1.21 bits per heavy atom. The second-order valence-electron chi connectivity index (χ2n) is 14.4. The minimum atomic E-state index is -0.574. The lowest BCUT2D eigenvalue weighted by molar-refractivity contribution is -0.307. The van der Waals surface area contributed by atoms with Crippen molar-refractivity contribution in [1.82, 2.24) is 5.32 Å². The third-order valence-electron chi connectivity index (χ3n) is 10.9. The first-order chi connectivity index (χ1) is 18.5. The Morgan fingerprint density at radius 2 is 2.00 bits per heavy atom. The Balaban J connectivity index is 1.65. The lowest BCUT2D eigenvalue weighted by atomic mass is 9.48. The van der Waals surface area contributed by atoms with Crippen molar-refractivity contribution in [2.24, 2.45) is 41.2 Å².